The number of hydrogen-bond acceptors (Lipinski definition) is 6. The molecule has 0 bridgehead atoms. The maximum absolute atomic E-state index is 13.1. The largest absolute Gasteiger partial charge is 0.507 e. The molecule has 0 aromatic heterocycles. The molecule has 2 N–H and O–H groups in total. The average Bonchev–Trinajstić information content (AvgIpc) is 2.73. The van der Waals surface area contributed by atoms with Gasteiger partial charge in [-0.05, 0) is 41.7 Å². The van der Waals surface area contributed by atoms with Crippen LogP contribution in [0.2, 0.25) is 0 Å². The van der Waals surface area contributed by atoms with Crippen molar-refractivity contribution in [1.29, 1.82) is 0 Å². The molecule has 0 fully saturated rings. The van der Waals surface area contributed by atoms with E-state index < -0.39 is 35.3 Å². The van der Waals surface area contributed by atoms with E-state index in [1.54, 1.807) is 20.8 Å². The van der Waals surface area contributed by atoms with E-state index in [1.165, 1.54) is 31.2 Å². The summed E-state index contributed by atoms with van der Waals surface area (Å²) in [7, 11) is 0. The first-order chi connectivity index (χ1) is 15.7. The molecular weight excluding hydrogens is 457 g/mol. The molecular formula is C23H25F3N2O6. The molecule has 1 amide bonds. The van der Waals surface area contributed by atoms with E-state index in [4.69, 9.17) is 9.84 Å². The third kappa shape index (κ3) is 6.03. The van der Waals surface area contributed by atoms with Gasteiger partial charge >= 0.3 is 18.1 Å². The summed E-state index contributed by atoms with van der Waals surface area (Å²) in [5.74, 6) is -3.74. The fraction of sp³-hybridized carbons (Fsp3) is 0.391. The van der Waals surface area contributed by atoms with Gasteiger partial charge in [-0.2, -0.15) is 18.1 Å². The second kappa shape index (κ2) is 10.1. The summed E-state index contributed by atoms with van der Waals surface area (Å²) in [5, 5.41) is 21.8. The number of alkyl halides is 3. The Labute approximate surface area is 193 Å². The molecule has 0 aliphatic heterocycles. The van der Waals surface area contributed by atoms with Gasteiger partial charge < -0.3 is 19.8 Å². The Morgan fingerprint density at radius 2 is 1.76 bits per heavy atom. The van der Waals surface area contributed by atoms with Crippen LogP contribution >= 0.6 is 0 Å². The number of carbonyl (C=O) groups excluding carboxylic acids is 1. The molecule has 1 atom stereocenters. The number of carboxylic acid groups (broad SMARTS) is 1. The molecule has 184 valence electrons. The van der Waals surface area contributed by atoms with Crippen molar-refractivity contribution in [2.75, 3.05) is 18.1 Å². The monoisotopic (exact) mass is 482 g/mol. The number of nitrogens with zero attached hydrogens (tertiary/aromatic N) is 2. The molecule has 8 nitrogen and oxygen atoms in total. The van der Waals surface area contributed by atoms with Gasteiger partial charge in [0.05, 0.1) is 0 Å². The number of rotatable bonds is 8. The number of nitroso groups, excluding NO2 is 1. The first-order valence-corrected chi connectivity index (χ1v) is 10.2. The number of carboxylic acids is 1. The van der Waals surface area contributed by atoms with Crippen LogP contribution in [0.15, 0.2) is 41.6 Å². The number of aromatic hydroxyl groups is 1. The molecule has 0 heterocycles. The molecule has 0 saturated carbocycles. The van der Waals surface area contributed by atoms with Crippen LogP contribution in [-0.4, -0.2) is 41.4 Å². The lowest BCUT2D eigenvalue weighted by molar-refractivity contribution is -0.170. The normalized spacial score (nSPS) is 12.7. The number of carbonyl (C=O) groups is 2. The number of aromatic carboxylic acids is 1. The number of hydrogen-bond donors (Lipinski definition) is 2. The maximum atomic E-state index is 13.1. The summed E-state index contributed by atoms with van der Waals surface area (Å²) in [5.41, 5.74) is -0.179. The maximum Gasteiger partial charge on any atom is 0.471 e. The number of ether oxygens (including phenoxy) is 1. The van der Waals surface area contributed by atoms with E-state index in [0.29, 0.717) is 16.0 Å². The smallest absolute Gasteiger partial charge is 0.471 e. The molecule has 2 aromatic rings. The first kappa shape index (κ1) is 26.6. The standard InChI is InChI=1S/C23H25F3N2O6/c1-5-28(21(32)23(24,25)26)18-9-6-13(10-16(18)22(2,3)4)17(27-33)12-34-14-7-8-15(20(30)31)19(29)11-14/h6-11,17,29H,5,12H2,1-4H3,(H,30,31). The zero-order valence-electron chi connectivity index (χ0n) is 19.0. The molecule has 0 saturated heterocycles. The Morgan fingerprint density at radius 1 is 1.12 bits per heavy atom. The molecule has 34 heavy (non-hydrogen) atoms. The Bertz CT molecular complexity index is 1080. The van der Waals surface area contributed by atoms with Crippen LogP contribution in [-0.2, 0) is 10.2 Å². The number of phenols is 1. The van der Waals surface area contributed by atoms with Crippen LogP contribution in [0.1, 0.15) is 55.2 Å². The summed E-state index contributed by atoms with van der Waals surface area (Å²) in [6.45, 7) is 6.21. The fourth-order valence-corrected chi connectivity index (χ4v) is 3.32. The van der Waals surface area contributed by atoms with Gasteiger partial charge in [0, 0.05) is 18.3 Å². The van der Waals surface area contributed by atoms with Crippen molar-refractivity contribution in [1.82, 2.24) is 0 Å². The van der Waals surface area contributed by atoms with Gasteiger partial charge in [-0.15, -0.1) is 0 Å². The van der Waals surface area contributed by atoms with Gasteiger partial charge in [0.2, 0.25) is 0 Å². The number of amides is 1. The van der Waals surface area contributed by atoms with Gasteiger partial charge in [0.15, 0.2) is 6.04 Å². The van der Waals surface area contributed by atoms with Gasteiger partial charge in [0.1, 0.15) is 23.7 Å². The molecule has 0 spiro atoms. The summed E-state index contributed by atoms with van der Waals surface area (Å²) in [4.78, 5) is 35.1. The van der Waals surface area contributed by atoms with Crippen molar-refractivity contribution < 1.29 is 37.7 Å². The topological polar surface area (TPSA) is 116 Å². The Hall–Kier alpha value is -3.63. The number of benzene rings is 2. The Balaban J connectivity index is 2.38. The highest BCUT2D eigenvalue weighted by molar-refractivity contribution is 5.98. The highest BCUT2D eigenvalue weighted by atomic mass is 19.4. The quantitative estimate of drug-likeness (QED) is 0.500. The van der Waals surface area contributed by atoms with E-state index in [0.717, 1.165) is 12.1 Å². The van der Waals surface area contributed by atoms with Crippen LogP contribution in [0, 0.1) is 4.91 Å². The molecule has 0 radical (unpaired) electrons. The van der Waals surface area contributed by atoms with E-state index in [2.05, 4.69) is 5.18 Å². The van der Waals surface area contributed by atoms with E-state index in [9.17, 15) is 32.8 Å². The molecule has 1 unspecified atom stereocenters. The predicted octanol–water partition coefficient (Wildman–Crippen LogP) is 5.19. The highest BCUT2D eigenvalue weighted by Gasteiger charge is 2.43. The van der Waals surface area contributed by atoms with Gasteiger partial charge in [-0.1, -0.05) is 38.1 Å². The lowest BCUT2D eigenvalue weighted by Crippen LogP contribution is -2.42. The minimum atomic E-state index is -5.05. The molecule has 0 aliphatic rings. The average molecular weight is 482 g/mol. The molecule has 11 heteroatoms. The van der Waals surface area contributed by atoms with Crippen molar-refractivity contribution in [3.05, 3.63) is 58.0 Å². The third-order valence-corrected chi connectivity index (χ3v) is 5.04. The van der Waals surface area contributed by atoms with Gasteiger partial charge in [-0.3, -0.25) is 4.79 Å². The van der Waals surface area contributed by atoms with Crippen LogP contribution in [0.4, 0.5) is 18.9 Å². The van der Waals surface area contributed by atoms with E-state index >= 15 is 0 Å². The summed E-state index contributed by atoms with van der Waals surface area (Å²) in [6.07, 6.45) is -5.05. The van der Waals surface area contributed by atoms with Crippen molar-refractivity contribution in [3.63, 3.8) is 0 Å². The van der Waals surface area contributed by atoms with Crippen LogP contribution in [0.3, 0.4) is 0 Å². The first-order valence-electron chi connectivity index (χ1n) is 10.2. The van der Waals surface area contributed by atoms with Crippen LogP contribution < -0.4 is 9.64 Å². The van der Waals surface area contributed by atoms with E-state index in [-0.39, 0.29) is 30.2 Å². The highest BCUT2D eigenvalue weighted by Crippen LogP contribution is 2.37. The predicted molar refractivity (Wildman–Crippen MR) is 118 cm³/mol. The molecule has 2 rings (SSSR count). The molecule has 0 aliphatic carbocycles. The van der Waals surface area contributed by atoms with Gasteiger partial charge in [-0.25, -0.2) is 4.79 Å². The Morgan fingerprint density at radius 3 is 2.24 bits per heavy atom. The molecule has 2 aromatic carbocycles. The minimum Gasteiger partial charge on any atom is -0.507 e. The third-order valence-electron chi connectivity index (χ3n) is 5.04. The second-order valence-corrected chi connectivity index (χ2v) is 8.49. The zero-order valence-corrected chi connectivity index (χ0v) is 19.0. The second-order valence-electron chi connectivity index (χ2n) is 8.49. The zero-order chi connectivity index (χ0) is 25.8. The van der Waals surface area contributed by atoms with Crippen molar-refractivity contribution in [2.24, 2.45) is 5.18 Å². The van der Waals surface area contributed by atoms with Crippen molar-refractivity contribution in [2.45, 2.75) is 45.3 Å². The summed E-state index contributed by atoms with van der Waals surface area (Å²) < 4.78 is 44.8. The lowest BCUT2D eigenvalue weighted by atomic mass is 9.83. The van der Waals surface area contributed by atoms with Crippen molar-refractivity contribution in [3.8, 4) is 11.5 Å². The summed E-state index contributed by atoms with van der Waals surface area (Å²) in [6, 6.07) is 6.71. The van der Waals surface area contributed by atoms with Crippen LogP contribution in [0.5, 0.6) is 11.5 Å². The lowest BCUT2D eigenvalue weighted by Gasteiger charge is -2.31. The minimum absolute atomic E-state index is 0.0702. The fourth-order valence-electron chi connectivity index (χ4n) is 3.32. The summed E-state index contributed by atoms with van der Waals surface area (Å²) >= 11 is 0. The van der Waals surface area contributed by atoms with Crippen molar-refractivity contribution >= 4 is 17.6 Å². The SMILES string of the molecule is CCN(C(=O)C(F)(F)F)c1ccc(C(COc2ccc(C(=O)O)c(O)c2)N=O)cc1C(C)(C)C. The number of halogens is 3. The van der Waals surface area contributed by atoms with Gasteiger partial charge in [0.25, 0.3) is 0 Å². The van der Waals surface area contributed by atoms with E-state index in [1.807, 2.05) is 0 Å². The van der Waals surface area contributed by atoms with Crippen LogP contribution in [0.25, 0.3) is 0 Å². The number of anilines is 1. The Kier molecular flexibility index (Phi) is 7.91.